The molecule has 2 saturated carbocycles. The summed E-state index contributed by atoms with van der Waals surface area (Å²) in [6.45, 7) is 8.28. The first-order valence-electron chi connectivity index (χ1n) is 8.73. The van der Waals surface area contributed by atoms with Crippen LogP contribution in [0, 0.1) is 5.92 Å². The van der Waals surface area contributed by atoms with Crippen molar-refractivity contribution in [2.45, 2.75) is 77.0 Å². The first kappa shape index (κ1) is 17.5. The third kappa shape index (κ3) is 7.45. The minimum Gasteiger partial charge on any atom is -0.444 e. The van der Waals surface area contributed by atoms with Crippen LogP contribution in [0.15, 0.2) is 0 Å². The van der Waals surface area contributed by atoms with Gasteiger partial charge in [0.25, 0.3) is 0 Å². The highest BCUT2D eigenvalue weighted by atomic mass is 16.6. The van der Waals surface area contributed by atoms with Crippen LogP contribution < -0.4 is 10.6 Å². The Kier molecular flexibility index (Phi) is 6.50. The van der Waals surface area contributed by atoms with Crippen LogP contribution in [0.5, 0.6) is 0 Å². The molecule has 5 heteroatoms. The van der Waals surface area contributed by atoms with Crippen molar-refractivity contribution in [2.75, 3.05) is 19.8 Å². The van der Waals surface area contributed by atoms with Gasteiger partial charge in [-0.1, -0.05) is 0 Å². The molecule has 2 aliphatic carbocycles. The number of rotatable bonds is 7. The normalized spacial score (nSPS) is 25.8. The number of alkyl carbamates (subject to hydrolysis) is 1. The molecule has 2 N–H and O–H groups in total. The summed E-state index contributed by atoms with van der Waals surface area (Å²) in [5, 5.41) is 6.55. The van der Waals surface area contributed by atoms with Gasteiger partial charge < -0.3 is 20.1 Å². The van der Waals surface area contributed by atoms with Crippen LogP contribution >= 0.6 is 0 Å². The number of carbonyl (C=O) groups excluding carboxylic acids is 1. The van der Waals surface area contributed by atoms with E-state index in [9.17, 15) is 4.79 Å². The number of amides is 1. The smallest absolute Gasteiger partial charge is 0.407 e. The molecule has 0 saturated heterocycles. The molecule has 2 rings (SSSR count). The summed E-state index contributed by atoms with van der Waals surface area (Å²) in [6, 6.07) is 0.687. The molecule has 128 valence electrons. The average molecular weight is 312 g/mol. The molecule has 0 aromatic carbocycles. The maximum absolute atomic E-state index is 11.8. The molecule has 0 spiro atoms. The van der Waals surface area contributed by atoms with E-state index >= 15 is 0 Å². The van der Waals surface area contributed by atoms with E-state index in [1.165, 1.54) is 19.3 Å². The van der Waals surface area contributed by atoms with Crippen LogP contribution in [-0.2, 0) is 9.47 Å². The summed E-state index contributed by atoms with van der Waals surface area (Å²) in [5.41, 5.74) is -0.435. The van der Waals surface area contributed by atoms with Crippen molar-refractivity contribution in [3.63, 3.8) is 0 Å². The molecule has 0 heterocycles. The zero-order chi connectivity index (χ0) is 16.0. The molecule has 1 amide bonds. The minimum atomic E-state index is -0.435. The molecule has 0 bridgehead atoms. The molecule has 0 aromatic heterocycles. The van der Waals surface area contributed by atoms with E-state index in [4.69, 9.17) is 9.47 Å². The lowest BCUT2D eigenvalue weighted by atomic mass is 9.91. The fourth-order valence-electron chi connectivity index (χ4n) is 2.85. The summed E-state index contributed by atoms with van der Waals surface area (Å²) < 4.78 is 11.0. The first-order valence-corrected chi connectivity index (χ1v) is 8.73. The van der Waals surface area contributed by atoms with Crippen molar-refractivity contribution in [1.82, 2.24) is 10.6 Å². The highest BCUT2D eigenvalue weighted by Gasteiger charge is 2.25. The van der Waals surface area contributed by atoms with Gasteiger partial charge in [-0.25, -0.2) is 4.79 Å². The minimum absolute atomic E-state index is 0.216. The van der Waals surface area contributed by atoms with Gasteiger partial charge in [-0.3, -0.25) is 0 Å². The van der Waals surface area contributed by atoms with Crippen molar-refractivity contribution >= 4 is 6.09 Å². The van der Waals surface area contributed by atoms with E-state index in [0.29, 0.717) is 6.04 Å². The zero-order valence-electron chi connectivity index (χ0n) is 14.3. The monoisotopic (exact) mass is 312 g/mol. The largest absolute Gasteiger partial charge is 0.444 e. The van der Waals surface area contributed by atoms with Gasteiger partial charge in [0, 0.05) is 25.2 Å². The molecular weight excluding hydrogens is 280 g/mol. The Labute approximate surface area is 134 Å². The fourth-order valence-corrected chi connectivity index (χ4v) is 2.85. The Balaban J connectivity index is 1.57. The molecule has 2 unspecified atom stereocenters. The average Bonchev–Trinajstić information content (AvgIpc) is 3.20. The predicted molar refractivity (Wildman–Crippen MR) is 87.0 cm³/mol. The summed E-state index contributed by atoms with van der Waals surface area (Å²) in [7, 11) is 0. The maximum Gasteiger partial charge on any atom is 0.407 e. The van der Waals surface area contributed by atoms with Gasteiger partial charge in [-0.05, 0) is 65.2 Å². The second-order valence-corrected chi connectivity index (χ2v) is 7.68. The molecule has 0 radical (unpaired) electrons. The number of ether oxygens (including phenoxy) is 2. The van der Waals surface area contributed by atoms with E-state index in [2.05, 4.69) is 10.6 Å². The Bertz CT molecular complexity index is 350. The third-order valence-corrected chi connectivity index (χ3v) is 4.12. The quantitative estimate of drug-likeness (QED) is 0.710. The summed E-state index contributed by atoms with van der Waals surface area (Å²) in [5.74, 6) is 0.831. The molecule has 2 atom stereocenters. The van der Waals surface area contributed by atoms with Crippen molar-refractivity contribution in [3.05, 3.63) is 0 Å². The summed E-state index contributed by atoms with van der Waals surface area (Å²) >= 11 is 0. The van der Waals surface area contributed by atoms with E-state index in [-0.39, 0.29) is 12.1 Å². The lowest BCUT2D eigenvalue weighted by molar-refractivity contribution is 0.0487. The van der Waals surface area contributed by atoms with Gasteiger partial charge in [-0.15, -0.1) is 0 Å². The number of nitrogens with one attached hydrogen (secondary N) is 2. The van der Waals surface area contributed by atoms with Crippen LogP contribution in [-0.4, -0.2) is 43.5 Å². The molecule has 2 aliphatic rings. The number of hydrogen-bond acceptors (Lipinski definition) is 4. The zero-order valence-corrected chi connectivity index (χ0v) is 14.3. The molecule has 22 heavy (non-hydrogen) atoms. The second kappa shape index (κ2) is 8.16. The van der Waals surface area contributed by atoms with Crippen LogP contribution in [0.3, 0.4) is 0 Å². The van der Waals surface area contributed by atoms with Gasteiger partial charge in [0.15, 0.2) is 0 Å². The molecular formula is C17H32N2O3. The standard InChI is InChI=1S/C17H32N2O3/c1-17(2,3)22-16(20)19-15-6-4-5-14(11-15)18-9-10-21-12-13-7-8-13/h13-15,18H,4-12H2,1-3H3,(H,19,20). The Morgan fingerprint density at radius 1 is 1.14 bits per heavy atom. The molecule has 0 aliphatic heterocycles. The lowest BCUT2D eigenvalue weighted by Gasteiger charge is -2.31. The van der Waals surface area contributed by atoms with Gasteiger partial charge >= 0.3 is 6.09 Å². The SMILES string of the molecule is CC(C)(C)OC(=O)NC1CCCC(NCCOCC2CC2)C1. The van der Waals surface area contributed by atoms with Gasteiger partial charge in [-0.2, -0.15) is 0 Å². The summed E-state index contributed by atoms with van der Waals surface area (Å²) in [4.78, 5) is 11.8. The van der Waals surface area contributed by atoms with E-state index in [1.54, 1.807) is 0 Å². The summed E-state index contributed by atoms with van der Waals surface area (Å²) in [6.07, 6.45) is 6.71. The van der Waals surface area contributed by atoms with Crippen LogP contribution in [0.4, 0.5) is 4.79 Å². The van der Waals surface area contributed by atoms with Crippen molar-refractivity contribution < 1.29 is 14.3 Å². The third-order valence-electron chi connectivity index (χ3n) is 4.12. The topological polar surface area (TPSA) is 59.6 Å². The molecule has 0 aromatic rings. The Morgan fingerprint density at radius 3 is 2.55 bits per heavy atom. The maximum atomic E-state index is 11.8. The first-order chi connectivity index (χ1) is 10.4. The van der Waals surface area contributed by atoms with E-state index in [1.807, 2.05) is 20.8 Å². The van der Waals surface area contributed by atoms with E-state index < -0.39 is 5.60 Å². The van der Waals surface area contributed by atoms with Crippen molar-refractivity contribution in [3.8, 4) is 0 Å². The highest BCUT2D eigenvalue weighted by Crippen LogP contribution is 2.28. The van der Waals surface area contributed by atoms with Gasteiger partial charge in [0.1, 0.15) is 5.60 Å². The van der Waals surface area contributed by atoms with Gasteiger partial charge in [0.05, 0.1) is 6.61 Å². The van der Waals surface area contributed by atoms with Gasteiger partial charge in [0.2, 0.25) is 0 Å². The molecule has 5 nitrogen and oxygen atoms in total. The Hall–Kier alpha value is -0.810. The van der Waals surface area contributed by atoms with Crippen molar-refractivity contribution in [1.29, 1.82) is 0 Å². The fraction of sp³-hybridized carbons (Fsp3) is 0.941. The number of hydrogen-bond donors (Lipinski definition) is 2. The van der Waals surface area contributed by atoms with Crippen molar-refractivity contribution in [2.24, 2.45) is 5.92 Å². The second-order valence-electron chi connectivity index (χ2n) is 7.68. The van der Waals surface area contributed by atoms with Crippen LogP contribution in [0.2, 0.25) is 0 Å². The number of carbonyl (C=O) groups is 1. The predicted octanol–water partition coefficient (Wildman–Crippen LogP) is 2.84. The highest BCUT2D eigenvalue weighted by molar-refractivity contribution is 5.68. The van der Waals surface area contributed by atoms with Crippen LogP contribution in [0.25, 0.3) is 0 Å². The Morgan fingerprint density at radius 2 is 1.86 bits per heavy atom. The lowest BCUT2D eigenvalue weighted by Crippen LogP contribution is -2.46. The van der Waals surface area contributed by atoms with Crippen LogP contribution in [0.1, 0.15) is 59.3 Å². The molecule has 2 fully saturated rings. The van der Waals surface area contributed by atoms with E-state index in [0.717, 1.165) is 44.9 Å².